The summed E-state index contributed by atoms with van der Waals surface area (Å²) in [4.78, 5) is 10.7. The number of hydrogen-bond acceptors (Lipinski definition) is 5. The Hall–Kier alpha value is -2.92. The number of anilines is 3. The van der Waals surface area contributed by atoms with Gasteiger partial charge in [-0.2, -0.15) is 4.98 Å². The number of aryl methyl sites for hydroxylation is 2. The Kier molecular flexibility index (Phi) is 4.54. The van der Waals surface area contributed by atoms with Crippen LogP contribution >= 0.6 is 11.3 Å². The van der Waals surface area contributed by atoms with Crippen LogP contribution in [0.2, 0.25) is 0 Å². The molecule has 2 aromatic carbocycles. The van der Waals surface area contributed by atoms with Gasteiger partial charge >= 0.3 is 0 Å². The Balaban J connectivity index is 1.68. The minimum atomic E-state index is 0.599. The van der Waals surface area contributed by atoms with Crippen molar-refractivity contribution in [3.8, 4) is 0 Å². The lowest BCUT2D eigenvalue weighted by molar-refractivity contribution is 1.13. The zero-order chi connectivity index (χ0) is 17.9. The molecule has 0 aliphatic heterocycles. The number of aromatic nitrogens is 2. The van der Waals surface area contributed by atoms with Gasteiger partial charge < -0.3 is 10.6 Å². The van der Waals surface area contributed by atoms with Crippen LogP contribution in [0.4, 0.5) is 17.5 Å². The van der Waals surface area contributed by atoms with Gasteiger partial charge in [0.2, 0.25) is 5.95 Å². The summed E-state index contributed by atoms with van der Waals surface area (Å²) in [6.07, 6.45) is 0. The Morgan fingerprint density at radius 3 is 2.50 bits per heavy atom. The van der Waals surface area contributed by atoms with Crippen LogP contribution in [0.1, 0.15) is 16.0 Å². The zero-order valence-electron chi connectivity index (χ0n) is 14.8. The predicted molar refractivity (Wildman–Crippen MR) is 110 cm³/mol. The van der Waals surface area contributed by atoms with E-state index in [4.69, 9.17) is 4.98 Å². The minimum absolute atomic E-state index is 0.599. The van der Waals surface area contributed by atoms with E-state index in [0.717, 1.165) is 29.0 Å². The molecule has 130 valence electrons. The van der Waals surface area contributed by atoms with E-state index in [9.17, 15) is 0 Å². The highest BCUT2D eigenvalue weighted by Crippen LogP contribution is 2.25. The monoisotopic (exact) mass is 360 g/mol. The van der Waals surface area contributed by atoms with Crippen LogP contribution in [0.5, 0.6) is 0 Å². The zero-order valence-corrected chi connectivity index (χ0v) is 15.6. The maximum Gasteiger partial charge on any atom is 0.229 e. The fourth-order valence-electron chi connectivity index (χ4n) is 3.03. The van der Waals surface area contributed by atoms with E-state index in [1.165, 1.54) is 16.0 Å². The van der Waals surface area contributed by atoms with Crippen LogP contribution < -0.4 is 10.6 Å². The van der Waals surface area contributed by atoms with Crippen molar-refractivity contribution in [2.75, 3.05) is 10.6 Å². The molecule has 0 saturated heterocycles. The van der Waals surface area contributed by atoms with Gasteiger partial charge in [0.1, 0.15) is 5.82 Å². The van der Waals surface area contributed by atoms with Crippen molar-refractivity contribution in [3.63, 3.8) is 0 Å². The molecule has 0 spiro atoms. The average Bonchev–Trinajstić information content (AvgIpc) is 3.12. The first-order valence-corrected chi connectivity index (χ1v) is 9.44. The third kappa shape index (κ3) is 3.68. The van der Waals surface area contributed by atoms with Gasteiger partial charge in [0, 0.05) is 16.0 Å². The lowest BCUT2D eigenvalue weighted by Gasteiger charge is -2.12. The first-order chi connectivity index (χ1) is 12.7. The molecular formula is C21H20N4S. The maximum absolute atomic E-state index is 4.73. The topological polar surface area (TPSA) is 49.8 Å². The van der Waals surface area contributed by atoms with Crippen molar-refractivity contribution in [1.29, 1.82) is 0 Å². The fraction of sp³-hybridized carbons (Fsp3) is 0.143. The van der Waals surface area contributed by atoms with Crippen LogP contribution in [0.25, 0.3) is 10.9 Å². The summed E-state index contributed by atoms with van der Waals surface area (Å²) in [5, 5.41) is 9.92. The first-order valence-electron chi connectivity index (χ1n) is 8.56. The lowest BCUT2D eigenvalue weighted by atomic mass is 10.1. The predicted octanol–water partition coefficient (Wildman–Crippen LogP) is 5.66. The van der Waals surface area contributed by atoms with Crippen molar-refractivity contribution in [2.24, 2.45) is 0 Å². The number of benzene rings is 2. The van der Waals surface area contributed by atoms with Crippen molar-refractivity contribution in [2.45, 2.75) is 20.4 Å². The van der Waals surface area contributed by atoms with Gasteiger partial charge in [-0.3, -0.25) is 0 Å². The molecule has 0 fully saturated rings. The van der Waals surface area contributed by atoms with Gasteiger partial charge in [-0.15, -0.1) is 11.3 Å². The summed E-state index contributed by atoms with van der Waals surface area (Å²) in [6.45, 7) is 4.93. The Bertz CT molecular complexity index is 1020. The van der Waals surface area contributed by atoms with Crippen LogP contribution in [0.3, 0.4) is 0 Å². The second-order valence-corrected chi connectivity index (χ2v) is 7.38. The second kappa shape index (κ2) is 7.14. The van der Waals surface area contributed by atoms with Crippen molar-refractivity contribution in [3.05, 3.63) is 76.0 Å². The highest BCUT2D eigenvalue weighted by molar-refractivity contribution is 7.09. The van der Waals surface area contributed by atoms with E-state index in [1.807, 2.05) is 24.3 Å². The molecule has 0 atom stereocenters. The van der Waals surface area contributed by atoms with Crippen LogP contribution in [-0.4, -0.2) is 9.97 Å². The van der Waals surface area contributed by atoms with Crippen LogP contribution in [0, 0.1) is 13.8 Å². The maximum atomic E-state index is 4.73. The molecule has 4 aromatic rings. The quantitative estimate of drug-likeness (QED) is 0.482. The van der Waals surface area contributed by atoms with Crippen molar-refractivity contribution in [1.82, 2.24) is 9.97 Å². The van der Waals surface area contributed by atoms with Crippen molar-refractivity contribution >= 4 is 39.7 Å². The summed E-state index contributed by atoms with van der Waals surface area (Å²) >= 11 is 1.74. The molecule has 0 radical (unpaired) electrons. The van der Waals surface area contributed by atoms with Gasteiger partial charge in [-0.1, -0.05) is 24.3 Å². The highest BCUT2D eigenvalue weighted by atomic mass is 32.1. The minimum Gasteiger partial charge on any atom is -0.364 e. The molecule has 0 amide bonds. The molecule has 0 aliphatic carbocycles. The summed E-state index contributed by atoms with van der Waals surface area (Å²) in [6, 6.07) is 18.6. The number of hydrogen-bond donors (Lipinski definition) is 2. The Morgan fingerprint density at radius 2 is 1.73 bits per heavy atom. The molecule has 0 bridgehead atoms. The van der Waals surface area contributed by atoms with Crippen LogP contribution in [0.15, 0.2) is 60.0 Å². The second-order valence-electron chi connectivity index (χ2n) is 6.35. The van der Waals surface area contributed by atoms with Crippen LogP contribution in [-0.2, 0) is 6.54 Å². The summed E-state index contributed by atoms with van der Waals surface area (Å²) in [5.74, 6) is 1.44. The number of para-hydroxylation sites is 1. The molecule has 4 nitrogen and oxygen atoms in total. The number of nitrogens with zero attached hydrogens (tertiary/aromatic N) is 2. The summed E-state index contributed by atoms with van der Waals surface area (Å²) in [7, 11) is 0. The Labute approximate surface area is 157 Å². The van der Waals surface area contributed by atoms with E-state index in [0.29, 0.717) is 5.95 Å². The lowest BCUT2D eigenvalue weighted by Crippen LogP contribution is -2.05. The fourth-order valence-corrected chi connectivity index (χ4v) is 3.67. The SMILES string of the molecule is Cc1cc(C)cc(Nc2nc(NCc3cccs3)c3ccccc3n2)c1. The van der Waals surface area contributed by atoms with E-state index in [-0.39, 0.29) is 0 Å². The van der Waals surface area contributed by atoms with Gasteiger partial charge in [0.05, 0.1) is 12.1 Å². The van der Waals surface area contributed by atoms with Gasteiger partial charge in [-0.05, 0) is 60.7 Å². The average molecular weight is 360 g/mol. The van der Waals surface area contributed by atoms with E-state index >= 15 is 0 Å². The van der Waals surface area contributed by atoms with E-state index < -0.39 is 0 Å². The molecule has 2 aromatic heterocycles. The molecule has 0 unspecified atom stereocenters. The molecule has 0 saturated carbocycles. The molecular weight excluding hydrogens is 340 g/mol. The summed E-state index contributed by atoms with van der Waals surface area (Å²) < 4.78 is 0. The van der Waals surface area contributed by atoms with E-state index in [2.05, 4.69) is 65.2 Å². The van der Waals surface area contributed by atoms with Crippen molar-refractivity contribution < 1.29 is 0 Å². The molecule has 2 N–H and O–H groups in total. The molecule has 26 heavy (non-hydrogen) atoms. The third-order valence-electron chi connectivity index (χ3n) is 4.09. The molecule has 4 rings (SSSR count). The largest absolute Gasteiger partial charge is 0.364 e. The molecule has 2 heterocycles. The first kappa shape index (κ1) is 16.5. The summed E-state index contributed by atoms with van der Waals surface area (Å²) in [5.41, 5.74) is 4.35. The standard InChI is InChI=1S/C21H20N4S/c1-14-10-15(2)12-16(11-14)23-21-24-19-8-4-3-7-18(19)20(25-21)22-13-17-6-5-9-26-17/h3-12H,13H2,1-2H3,(H2,22,23,24,25). The van der Waals surface area contributed by atoms with E-state index in [1.54, 1.807) is 11.3 Å². The highest BCUT2D eigenvalue weighted by Gasteiger charge is 2.08. The van der Waals surface area contributed by atoms with Gasteiger partial charge in [0.25, 0.3) is 0 Å². The number of fused-ring (bicyclic) bond motifs is 1. The number of rotatable bonds is 5. The number of nitrogens with one attached hydrogen (secondary N) is 2. The molecule has 0 aliphatic rings. The van der Waals surface area contributed by atoms with Gasteiger partial charge in [-0.25, -0.2) is 4.98 Å². The smallest absolute Gasteiger partial charge is 0.229 e. The molecule has 5 heteroatoms. The van der Waals surface area contributed by atoms with Gasteiger partial charge in [0.15, 0.2) is 0 Å². The Morgan fingerprint density at radius 1 is 0.923 bits per heavy atom. The third-order valence-corrected chi connectivity index (χ3v) is 4.97. The number of thiophene rings is 1. The normalized spacial score (nSPS) is 10.8.